The number of fused-ring (bicyclic) bond motifs is 1. The van der Waals surface area contributed by atoms with Crippen LogP contribution in [-0.2, 0) is 22.5 Å². The lowest BCUT2D eigenvalue weighted by molar-refractivity contribution is -0.0268. The van der Waals surface area contributed by atoms with Crippen molar-refractivity contribution in [3.8, 4) is 11.7 Å². The second-order valence-corrected chi connectivity index (χ2v) is 12.1. The van der Waals surface area contributed by atoms with Gasteiger partial charge in [0, 0.05) is 42.2 Å². The quantitative estimate of drug-likeness (QED) is 0.263. The van der Waals surface area contributed by atoms with Crippen LogP contribution in [0.1, 0.15) is 47.5 Å². The van der Waals surface area contributed by atoms with Crippen molar-refractivity contribution in [2.45, 2.75) is 76.4 Å². The minimum atomic E-state index is -1.43. The van der Waals surface area contributed by atoms with Gasteiger partial charge in [-0.3, -0.25) is 4.79 Å². The summed E-state index contributed by atoms with van der Waals surface area (Å²) in [5, 5.41) is 0.402. The zero-order chi connectivity index (χ0) is 27.8. The van der Waals surface area contributed by atoms with E-state index in [1.165, 1.54) is 17.1 Å². The molecule has 0 bridgehead atoms. The number of rotatable bonds is 6. The van der Waals surface area contributed by atoms with Crippen LogP contribution in [0.3, 0.4) is 0 Å². The molecule has 38 heavy (non-hydrogen) atoms. The number of carbonyl (C=O) groups is 1. The van der Waals surface area contributed by atoms with Gasteiger partial charge in [-0.2, -0.15) is 15.0 Å². The molecule has 4 rings (SSSR count). The molecule has 1 aliphatic heterocycles. The van der Waals surface area contributed by atoms with Crippen molar-refractivity contribution in [1.29, 1.82) is 0 Å². The predicted octanol–water partition coefficient (Wildman–Crippen LogP) is 3.46. The molecule has 0 saturated carbocycles. The van der Waals surface area contributed by atoms with E-state index in [1.807, 2.05) is 34.6 Å². The van der Waals surface area contributed by atoms with Crippen molar-refractivity contribution >= 4 is 28.3 Å². The molecule has 0 aromatic carbocycles. The second kappa shape index (κ2) is 10.4. The second-order valence-electron chi connectivity index (χ2n) is 10.8. The van der Waals surface area contributed by atoms with E-state index < -0.39 is 22.3 Å². The highest BCUT2D eigenvalue weighted by Gasteiger charge is 2.40. The number of allylic oxidation sites excluding steroid dienone is 1. The Morgan fingerprint density at radius 2 is 2.05 bits per heavy atom. The molecular weight excluding hydrogens is 508 g/mol. The molecule has 2 unspecified atom stereocenters. The zero-order valence-corrected chi connectivity index (χ0v) is 23.4. The highest BCUT2D eigenvalue weighted by atomic mass is 32.2. The van der Waals surface area contributed by atoms with Crippen LogP contribution in [-0.4, -0.2) is 69.9 Å². The fraction of sp³-hybridized carbons (Fsp3) is 0.500. The van der Waals surface area contributed by atoms with Crippen LogP contribution in [0.15, 0.2) is 47.0 Å². The van der Waals surface area contributed by atoms with E-state index in [9.17, 15) is 14.1 Å². The minimum Gasteiger partial charge on any atom is -0.609 e. The summed E-state index contributed by atoms with van der Waals surface area (Å²) in [6.45, 7) is 14.0. The summed E-state index contributed by atoms with van der Waals surface area (Å²) in [7, 11) is 0. The molecule has 4 heterocycles. The average molecular weight is 543 g/mol. The van der Waals surface area contributed by atoms with Crippen molar-refractivity contribution in [3.63, 3.8) is 0 Å². The average Bonchev–Trinajstić information content (AvgIpc) is 3.08. The summed E-state index contributed by atoms with van der Waals surface area (Å²) < 4.78 is 26.9. The number of pyridine rings is 1. The van der Waals surface area contributed by atoms with Gasteiger partial charge in [-0.1, -0.05) is 12.1 Å². The van der Waals surface area contributed by atoms with Gasteiger partial charge in [-0.05, 0) is 40.7 Å². The minimum absolute atomic E-state index is 0.119. The van der Waals surface area contributed by atoms with Crippen molar-refractivity contribution in [2.24, 2.45) is 0 Å². The summed E-state index contributed by atoms with van der Waals surface area (Å²) in [4.78, 5) is 40.7. The predicted molar refractivity (Wildman–Crippen MR) is 144 cm³/mol. The zero-order valence-electron chi connectivity index (χ0n) is 22.6. The number of piperidine rings is 1. The van der Waals surface area contributed by atoms with E-state index in [1.54, 1.807) is 33.9 Å². The van der Waals surface area contributed by atoms with Crippen LogP contribution in [0, 0.1) is 0 Å². The summed E-state index contributed by atoms with van der Waals surface area (Å²) in [5.74, 6) is 0.787. The van der Waals surface area contributed by atoms with Crippen LogP contribution >= 0.6 is 0 Å². The maximum absolute atomic E-state index is 13.1. The lowest BCUT2D eigenvalue weighted by Crippen LogP contribution is -2.56. The molecule has 0 N–H and O–H groups in total. The van der Waals surface area contributed by atoms with Gasteiger partial charge in [-0.25, -0.2) is 14.2 Å². The maximum atomic E-state index is 13.1. The molecule has 0 radical (unpaired) electrons. The highest BCUT2D eigenvalue weighted by molar-refractivity contribution is 7.90. The summed E-state index contributed by atoms with van der Waals surface area (Å²) in [6, 6.07) is 5.28. The molecule has 2 atom stereocenters. The Labute approximate surface area is 224 Å². The first-order valence-corrected chi connectivity index (χ1v) is 13.9. The summed E-state index contributed by atoms with van der Waals surface area (Å²) >= 11 is -1.43. The SMILES string of the molecule is C=CCn1c(=O)c2cnc([S+](C)[O-])nc2n1-c1cccc(OC2CCN(C(=O)OC(C)(C)C)C(C)(C)C2)n1. The van der Waals surface area contributed by atoms with Crippen molar-refractivity contribution in [2.75, 3.05) is 12.8 Å². The molecule has 1 aliphatic rings. The van der Waals surface area contributed by atoms with Crippen LogP contribution in [0.4, 0.5) is 4.79 Å². The molecule has 11 nitrogen and oxygen atoms in total. The van der Waals surface area contributed by atoms with Gasteiger partial charge < -0.3 is 18.9 Å². The largest absolute Gasteiger partial charge is 0.609 e. The van der Waals surface area contributed by atoms with Crippen LogP contribution in [0.25, 0.3) is 16.9 Å². The molecule has 12 heteroatoms. The number of nitrogens with zero attached hydrogens (tertiary/aromatic N) is 6. The first kappa shape index (κ1) is 27.6. The maximum Gasteiger partial charge on any atom is 0.410 e. The number of amides is 1. The third kappa shape index (κ3) is 5.70. The van der Waals surface area contributed by atoms with E-state index in [-0.39, 0.29) is 34.8 Å². The molecule has 3 aromatic rings. The normalized spacial score (nSPS) is 18.3. The Morgan fingerprint density at radius 1 is 1.32 bits per heavy atom. The van der Waals surface area contributed by atoms with E-state index in [4.69, 9.17) is 9.47 Å². The van der Waals surface area contributed by atoms with E-state index in [0.717, 1.165) is 0 Å². The van der Waals surface area contributed by atoms with E-state index in [2.05, 4.69) is 21.5 Å². The fourth-order valence-corrected chi connectivity index (χ4v) is 4.95. The summed E-state index contributed by atoms with van der Waals surface area (Å²) in [5.41, 5.74) is -1.06. The third-order valence-corrected chi connectivity index (χ3v) is 6.88. The number of ether oxygens (including phenoxy) is 2. The molecular formula is C26H34N6O5S. The number of carbonyl (C=O) groups excluding carboxylic acids is 1. The molecule has 1 fully saturated rings. The Balaban J connectivity index is 1.62. The summed E-state index contributed by atoms with van der Waals surface area (Å²) in [6.07, 6.45) is 5.15. The van der Waals surface area contributed by atoms with Crippen LogP contribution < -0.4 is 10.3 Å². The molecule has 1 saturated heterocycles. The number of likely N-dealkylation sites (tertiary alicyclic amines) is 1. The smallest absolute Gasteiger partial charge is 0.410 e. The van der Waals surface area contributed by atoms with Gasteiger partial charge in [0.15, 0.2) is 11.5 Å². The van der Waals surface area contributed by atoms with Gasteiger partial charge in [-0.15, -0.1) is 6.58 Å². The van der Waals surface area contributed by atoms with Crippen molar-refractivity contribution < 1.29 is 18.8 Å². The van der Waals surface area contributed by atoms with Crippen molar-refractivity contribution in [3.05, 3.63) is 47.4 Å². The van der Waals surface area contributed by atoms with Gasteiger partial charge in [0.2, 0.25) is 5.88 Å². The lowest BCUT2D eigenvalue weighted by Gasteiger charge is -2.45. The Bertz CT molecular complexity index is 1410. The Morgan fingerprint density at radius 3 is 2.68 bits per heavy atom. The fourth-order valence-electron chi connectivity index (χ4n) is 4.53. The highest BCUT2D eigenvalue weighted by Crippen LogP contribution is 2.31. The first-order chi connectivity index (χ1) is 17.8. The lowest BCUT2D eigenvalue weighted by atomic mass is 9.89. The Hall–Kier alpha value is -3.38. The molecule has 204 valence electrons. The van der Waals surface area contributed by atoms with Gasteiger partial charge in [0.1, 0.15) is 23.3 Å². The Kier molecular flexibility index (Phi) is 7.57. The van der Waals surface area contributed by atoms with Crippen LogP contribution in [0.5, 0.6) is 5.88 Å². The standard InChI is InChI=1S/C26H34N6O5S/c1-8-13-31-22(33)18-16-27-23(38(7)35)29-21(18)32(31)19-10-9-11-20(28-19)36-17-12-14-30(26(5,6)15-17)24(34)37-25(2,3)4/h8-11,16-17H,1,12-15H2,2-7H3. The van der Waals surface area contributed by atoms with Gasteiger partial charge in [0.05, 0.1) is 12.7 Å². The van der Waals surface area contributed by atoms with Crippen molar-refractivity contribution in [1.82, 2.24) is 29.2 Å². The van der Waals surface area contributed by atoms with E-state index >= 15 is 0 Å². The topological polar surface area (TPSA) is 127 Å². The molecule has 0 spiro atoms. The van der Waals surface area contributed by atoms with Gasteiger partial charge in [0.25, 0.3) is 5.56 Å². The third-order valence-electron chi connectivity index (χ3n) is 6.17. The first-order valence-electron chi connectivity index (χ1n) is 12.4. The van der Waals surface area contributed by atoms with E-state index in [0.29, 0.717) is 36.7 Å². The number of hydrogen-bond donors (Lipinski definition) is 0. The number of aromatic nitrogens is 5. The number of hydrogen-bond acceptors (Lipinski definition) is 8. The van der Waals surface area contributed by atoms with Gasteiger partial charge >= 0.3 is 11.2 Å². The molecule has 0 aliphatic carbocycles. The van der Waals surface area contributed by atoms with Crippen LogP contribution in [0.2, 0.25) is 0 Å². The molecule has 3 aromatic heterocycles. The molecule has 1 amide bonds. The monoisotopic (exact) mass is 542 g/mol.